The highest BCUT2D eigenvalue weighted by Gasteiger charge is 2.31. The molecule has 0 radical (unpaired) electrons. The first-order chi connectivity index (χ1) is 4.74. The Hall–Kier alpha value is -0.770. The van der Waals surface area contributed by atoms with Crippen molar-refractivity contribution in [1.82, 2.24) is 5.32 Å². The number of methoxy groups -OCH3 is 1. The van der Waals surface area contributed by atoms with E-state index in [-0.39, 0.29) is 12.1 Å². The molecule has 2 unspecified atom stereocenters. The van der Waals surface area contributed by atoms with E-state index >= 15 is 0 Å². The molecule has 1 aliphatic rings. The van der Waals surface area contributed by atoms with Gasteiger partial charge in [-0.25, -0.2) is 4.79 Å². The van der Waals surface area contributed by atoms with Crippen molar-refractivity contribution in [2.75, 3.05) is 7.11 Å². The molecule has 1 fully saturated rings. The Labute approximate surface area is 59.2 Å². The van der Waals surface area contributed by atoms with Gasteiger partial charge in [0.1, 0.15) is 0 Å². The number of ether oxygens (including phenoxy) is 1. The van der Waals surface area contributed by atoms with Crippen LogP contribution in [-0.2, 0) is 4.74 Å². The van der Waals surface area contributed by atoms with Gasteiger partial charge >= 0.3 is 6.09 Å². The van der Waals surface area contributed by atoms with Crippen LogP contribution < -0.4 is 5.32 Å². The Kier molecular flexibility index (Phi) is 2.11. The van der Waals surface area contributed by atoms with Gasteiger partial charge in [0.15, 0.2) is 0 Å². The molecule has 4 heteroatoms. The fourth-order valence-electron chi connectivity index (χ4n) is 1.08. The first-order valence-electron chi connectivity index (χ1n) is 3.26. The quantitative estimate of drug-likeness (QED) is 0.592. The van der Waals surface area contributed by atoms with Crippen LogP contribution in [0.2, 0.25) is 0 Å². The van der Waals surface area contributed by atoms with Crippen LogP contribution in [0.5, 0.6) is 0 Å². The van der Waals surface area contributed by atoms with Crippen molar-refractivity contribution in [3.8, 4) is 0 Å². The van der Waals surface area contributed by atoms with Crippen molar-refractivity contribution in [1.29, 1.82) is 0 Å². The number of nitrogens with one attached hydrogen (secondary N) is 1. The van der Waals surface area contributed by atoms with Crippen molar-refractivity contribution < 1.29 is 14.6 Å². The Morgan fingerprint density at radius 1 is 1.70 bits per heavy atom. The summed E-state index contributed by atoms with van der Waals surface area (Å²) in [5.41, 5.74) is 0. The highest BCUT2D eigenvalue weighted by atomic mass is 16.5. The van der Waals surface area contributed by atoms with Gasteiger partial charge in [-0.3, -0.25) is 0 Å². The highest BCUT2D eigenvalue weighted by molar-refractivity contribution is 5.65. The zero-order valence-corrected chi connectivity index (χ0v) is 5.83. The summed E-state index contributed by atoms with van der Waals surface area (Å²) in [6.07, 6.45) is 0.981. The fraction of sp³-hybridized carbons (Fsp3) is 0.833. The number of hydrogen-bond acceptors (Lipinski definition) is 2. The smallest absolute Gasteiger partial charge is 0.404 e. The normalized spacial score (nSPS) is 30.9. The van der Waals surface area contributed by atoms with Gasteiger partial charge < -0.3 is 15.2 Å². The van der Waals surface area contributed by atoms with E-state index in [4.69, 9.17) is 9.84 Å². The van der Waals surface area contributed by atoms with Crippen LogP contribution in [0, 0.1) is 0 Å². The van der Waals surface area contributed by atoms with E-state index in [0.29, 0.717) is 0 Å². The summed E-state index contributed by atoms with van der Waals surface area (Å²) in [5, 5.41) is 10.7. The standard InChI is InChI=1S/C6H11NO3/c1-10-5-3-2-4(5)7-6(8)9/h4-5,7H,2-3H2,1H3,(H,8,9). The average Bonchev–Trinajstić information content (AvgIpc) is 1.82. The maximum atomic E-state index is 10.1. The van der Waals surface area contributed by atoms with Gasteiger partial charge in [0.2, 0.25) is 0 Å². The second-order valence-electron chi connectivity index (χ2n) is 2.41. The molecule has 4 nitrogen and oxygen atoms in total. The monoisotopic (exact) mass is 145 g/mol. The fourth-order valence-corrected chi connectivity index (χ4v) is 1.08. The number of rotatable bonds is 2. The largest absolute Gasteiger partial charge is 0.465 e. The van der Waals surface area contributed by atoms with E-state index in [0.717, 1.165) is 12.8 Å². The number of carbonyl (C=O) groups is 1. The molecule has 2 N–H and O–H groups in total. The molecule has 58 valence electrons. The second kappa shape index (κ2) is 2.88. The van der Waals surface area contributed by atoms with Crippen LogP contribution >= 0.6 is 0 Å². The third kappa shape index (κ3) is 1.39. The Morgan fingerprint density at radius 2 is 2.40 bits per heavy atom. The molecule has 1 aliphatic carbocycles. The zero-order valence-electron chi connectivity index (χ0n) is 5.83. The molecule has 0 aromatic carbocycles. The van der Waals surface area contributed by atoms with Crippen LogP contribution in [-0.4, -0.2) is 30.5 Å². The molecule has 0 aromatic rings. The van der Waals surface area contributed by atoms with Crippen LogP contribution in [0.4, 0.5) is 4.79 Å². The first-order valence-corrected chi connectivity index (χ1v) is 3.26. The lowest BCUT2D eigenvalue weighted by atomic mass is 9.89. The minimum atomic E-state index is -0.966. The van der Waals surface area contributed by atoms with Crippen molar-refractivity contribution in [3.63, 3.8) is 0 Å². The molecule has 1 saturated carbocycles. The minimum Gasteiger partial charge on any atom is -0.465 e. The molecule has 1 rings (SSSR count). The Balaban J connectivity index is 2.23. The third-order valence-corrected chi connectivity index (χ3v) is 1.82. The molecule has 0 saturated heterocycles. The molecule has 10 heavy (non-hydrogen) atoms. The van der Waals surface area contributed by atoms with Gasteiger partial charge in [-0.05, 0) is 12.8 Å². The summed E-state index contributed by atoms with van der Waals surface area (Å²) in [7, 11) is 1.60. The SMILES string of the molecule is COC1CCC1NC(=O)O. The molecule has 0 bridgehead atoms. The topological polar surface area (TPSA) is 58.6 Å². The number of hydrogen-bond donors (Lipinski definition) is 2. The third-order valence-electron chi connectivity index (χ3n) is 1.82. The van der Waals surface area contributed by atoms with Crippen molar-refractivity contribution in [2.45, 2.75) is 25.0 Å². The van der Waals surface area contributed by atoms with Crippen LogP contribution in [0.1, 0.15) is 12.8 Å². The molecule has 0 spiro atoms. The molecule has 0 aromatic heterocycles. The summed E-state index contributed by atoms with van der Waals surface area (Å²) in [6.45, 7) is 0. The Morgan fingerprint density at radius 3 is 2.70 bits per heavy atom. The lowest BCUT2D eigenvalue weighted by Crippen LogP contribution is -2.50. The molecule has 1 amide bonds. The van der Waals surface area contributed by atoms with Gasteiger partial charge in [-0.1, -0.05) is 0 Å². The van der Waals surface area contributed by atoms with E-state index < -0.39 is 6.09 Å². The van der Waals surface area contributed by atoms with Gasteiger partial charge in [0, 0.05) is 7.11 Å². The van der Waals surface area contributed by atoms with Gasteiger partial charge in [0.25, 0.3) is 0 Å². The van der Waals surface area contributed by atoms with E-state index in [1.165, 1.54) is 0 Å². The minimum absolute atomic E-state index is 0.0162. The molecule has 0 heterocycles. The molecule has 0 aliphatic heterocycles. The predicted molar refractivity (Wildman–Crippen MR) is 35.0 cm³/mol. The predicted octanol–water partition coefficient (Wildman–Crippen LogP) is 0.431. The summed E-state index contributed by atoms with van der Waals surface area (Å²) >= 11 is 0. The summed E-state index contributed by atoms with van der Waals surface area (Å²) in [5.74, 6) is 0. The van der Waals surface area contributed by atoms with Crippen LogP contribution in [0.25, 0.3) is 0 Å². The lowest BCUT2D eigenvalue weighted by Gasteiger charge is -2.34. The lowest BCUT2D eigenvalue weighted by molar-refractivity contribution is 0.00808. The summed E-state index contributed by atoms with van der Waals surface area (Å²) in [6, 6.07) is 0.0162. The van der Waals surface area contributed by atoms with E-state index in [9.17, 15) is 4.79 Å². The second-order valence-corrected chi connectivity index (χ2v) is 2.41. The van der Waals surface area contributed by atoms with Crippen LogP contribution in [0.15, 0.2) is 0 Å². The van der Waals surface area contributed by atoms with Crippen LogP contribution in [0.3, 0.4) is 0 Å². The van der Waals surface area contributed by atoms with Crippen molar-refractivity contribution in [3.05, 3.63) is 0 Å². The van der Waals surface area contributed by atoms with Gasteiger partial charge in [-0.2, -0.15) is 0 Å². The van der Waals surface area contributed by atoms with E-state index in [1.54, 1.807) is 7.11 Å². The highest BCUT2D eigenvalue weighted by Crippen LogP contribution is 2.22. The first kappa shape index (κ1) is 7.34. The van der Waals surface area contributed by atoms with Gasteiger partial charge in [0.05, 0.1) is 12.1 Å². The van der Waals surface area contributed by atoms with E-state index in [1.807, 2.05) is 0 Å². The van der Waals surface area contributed by atoms with Crippen molar-refractivity contribution >= 4 is 6.09 Å². The molecular weight excluding hydrogens is 134 g/mol. The molecule has 2 atom stereocenters. The summed E-state index contributed by atoms with van der Waals surface area (Å²) < 4.78 is 4.97. The van der Waals surface area contributed by atoms with Crippen molar-refractivity contribution in [2.24, 2.45) is 0 Å². The molecular formula is C6H11NO3. The zero-order chi connectivity index (χ0) is 7.56. The maximum Gasteiger partial charge on any atom is 0.404 e. The average molecular weight is 145 g/mol. The maximum absolute atomic E-state index is 10.1. The number of amides is 1. The number of carboxylic acid groups (broad SMARTS) is 1. The summed E-state index contributed by atoms with van der Waals surface area (Å²) in [4.78, 5) is 10.1. The Bertz CT molecular complexity index is 135. The van der Waals surface area contributed by atoms with Gasteiger partial charge in [-0.15, -0.1) is 0 Å². The van der Waals surface area contributed by atoms with E-state index in [2.05, 4.69) is 5.32 Å².